The van der Waals surface area contributed by atoms with Gasteiger partial charge in [-0.15, -0.1) is 0 Å². The number of carbonyl (C=O) groups is 1. The maximum Gasteiger partial charge on any atom is 0.292 e. The molecular weight excluding hydrogens is 212 g/mol. The van der Waals surface area contributed by atoms with Gasteiger partial charge in [-0.2, -0.15) is 4.98 Å². The van der Waals surface area contributed by atoms with Crippen LogP contribution in [-0.2, 0) is 10.3 Å². The number of carbonyl (C=O) groups excluding carboxylic acids is 1. The van der Waals surface area contributed by atoms with E-state index in [2.05, 4.69) is 15.5 Å². The molecule has 88 valence electrons. The van der Waals surface area contributed by atoms with Crippen LogP contribution < -0.4 is 11.1 Å². The fourth-order valence-corrected chi connectivity index (χ4v) is 1.58. The van der Waals surface area contributed by atoms with Gasteiger partial charge < -0.3 is 20.3 Å². The normalized spacial score (nSPS) is 19.4. The van der Waals surface area contributed by atoms with Crippen LogP contribution >= 0.6 is 0 Å². The third-order valence-corrected chi connectivity index (χ3v) is 2.67. The molecule has 2 heterocycles. The number of aromatic nitrogens is 2. The number of nitrogens with zero attached hydrogens (tertiary/aromatic N) is 2. The maximum atomic E-state index is 11.3. The Morgan fingerprint density at radius 2 is 2.19 bits per heavy atom. The Labute approximate surface area is 92.3 Å². The Balaban J connectivity index is 2.20. The molecule has 1 aliphatic heterocycles. The molecule has 0 aromatic carbocycles. The highest BCUT2D eigenvalue weighted by molar-refractivity contribution is 5.89. The Hall–Kier alpha value is -1.47. The van der Waals surface area contributed by atoms with Gasteiger partial charge in [-0.25, -0.2) is 0 Å². The van der Waals surface area contributed by atoms with E-state index in [0.717, 1.165) is 0 Å². The maximum absolute atomic E-state index is 11.3. The molecule has 0 radical (unpaired) electrons. The Kier molecular flexibility index (Phi) is 2.88. The standard InChI is InChI=1S/C9H14N4O3/c1-11-7(14)6-12-8(16-13-6)9(10)2-4-15-5-3-9/h2-5,10H2,1H3,(H,11,14). The first-order valence-corrected chi connectivity index (χ1v) is 5.08. The summed E-state index contributed by atoms with van der Waals surface area (Å²) < 4.78 is 10.2. The SMILES string of the molecule is CNC(=O)c1noc(C2(N)CCOCC2)n1. The van der Waals surface area contributed by atoms with Crippen molar-refractivity contribution in [2.75, 3.05) is 20.3 Å². The summed E-state index contributed by atoms with van der Waals surface area (Å²) in [7, 11) is 1.50. The Morgan fingerprint density at radius 3 is 2.81 bits per heavy atom. The second-order valence-electron chi connectivity index (χ2n) is 3.77. The summed E-state index contributed by atoms with van der Waals surface area (Å²) >= 11 is 0. The minimum atomic E-state index is -0.669. The van der Waals surface area contributed by atoms with E-state index in [-0.39, 0.29) is 11.7 Å². The van der Waals surface area contributed by atoms with Gasteiger partial charge in [-0.3, -0.25) is 4.79 Å². The smallest absolute Gasteiger partial charge is 0.292 e. The van der Waals surface area contributed by atoms with Gasteiger partial charge in [-0.1, -0.05) is 5.16 Å². The average Bonchev–Trinajstić information content (AvgIpc) is 2.79. The molecule has 1 aromatic heterocycles. The minimum absolute atomic E-state index is 0.00816. The van der Waals surface area contributed by atoms with Crippen molar-refractivity contribution >= 4 is 5.91 Å². The van der Waals surface area contributed by atoms with E-state index in [1.165, 1.54) is 7.05 Å². The summed E-state index contributed by atoms with van der Waals surface area (Å²) in [6.45, 7) is 1.13. The molecule has 2 rings (SSSR count). The van der Waals surface area contributed by atoms with Crippen molar-refractivity contribution in [1.82, 2.24) is 15.5 Å². The first-order chi connectivity index (χ1) is 7.65. The van der Waals surface area contributed by atoms with Gasteiger partial charge in [0, 0.05) is 20.3 Å². The molecule has 7 nitrogen and oxygen atoms in total. The van der Waals surface area contributed by atoms with Crippen molar-refractivity contribution in [2.24, 2.45) is 5.73 Å². The van der Waals surface area contributed by atoms with Crippen LogP contribution in [0.3, 0.4) is 0 Å². The molecule has 0 spiro atoms. The van der Waals surface area contributed by atoms with Gasteiger partial charge in [0.15, 0.2) is 0 Å². The topological polar surface area (TPSA) is 103 Å². The molecule has 0 saturated carbocycles. The van der Waals surface area contributed by atoms with Crippen LogP contribution in [0.5, 0.6) is 0 Å². The fourth-order valence-electron chi connectivity index (χ4n) is 1.58. The van der Waals surface area contributed by atoms with E-state index in [0.29, 0.717) is 31.9 Å². The summed E-state index contributed by atoms with van der Waals surface area (Å²) in [4.78, 5) is 15.3. The molecule has 0 atom stereocenters. The molecule has 7 heteroatoms. The highest BCUT2D eigenvalue weighted by Gasteiger charge is 2.36. The molecule has 1 aromatic rings. The average molecular weight is 226 g/mol. The van der Waals surface area contributed by atoms with Gasteiger partial charge in [-0.05, 0) is 12.8 Å². The van der Waals surface area contributed by atoms with E-state index in [9.17, 15) is 4.79 Å². The summed E-state index contributed by atoms with van der Waals surface area (Å²) in [6.07, 6.45) is 1.23. The van der Waals surface area contributed by atoms with Crippen molar-refractivity contribution in [3.05, 3.63) is 11.7 Å². The molecule has 1 fully saturated rings. The molecular formula is C9H14N4O3. The quantitative estimate of drug-likeness (QED) is 0.697. The predicted molar refractivity (Wildman–Crippen MR) is 53.6 cm³/mol. The second kappa shape index (κ2) is 4.18. The van der Waals surface area contributed by atoms with Crippen molar-refractivity contribution < 1.29 is 14.1 Å². The van der Waals surface area contributed by atoms with E-state index in [4.69, 9.17) is 15.0 Å². The number of hydrogen-bond acceptors (Lipinski definition) is 6. The van der Waals surface area contributed by atoms with Gasteiger partial charge in [0.25, 0.3) is 11.7 Å². The van der Waals surface area contributed by atoms with E-state index in [1.54, 1.807) is 0 Å². The zero-order valence-electron chi connectivity index (χ0n) is 9.02. The van der Waals surface area contributed by atoms with Gasteiger partial charge in [0.05, 0.1) is 0 Å². The lowest BCUT2D eigenvalue weighted by Crippen LogP contribution is -2.42. The lowest BCUT2D eigenvalue weighted by Gasteiger charge is -2.29. The van der Waals surface area contributed by atoms with Crippen LogP contribution in [0.2, 0.25) is 0 Å². The molecule has 1 saturated heterocycles. The van der Waals surface area contributed by atoms with Crippen molar-refractivity contribution in [3.63, 3.8) is 0 Å². The first-order valence-electron chi connectivity index (χ1n) is 5.08. The fraction of sp³-hybridized carbons (Fsp3) is 0.667. The van der Waals surface area contributed by atoms with E-state index in [1.807, 2.05) is 0 Å². The number of rotatable bonds is 2. The molecule has 1 amide bonds. The summed E-state index contributed by atoms with van der Waals surface area (Å²) in [5.74, 6) is -0.0751. The zero-order chi connectivity index (χ0) is 11.6. The summed E-state index contributed by atoms with van der Waals surface area (Å²) in [6, 6.07) is 0. The largest absolute Gasteiger partial charge is 0.381 e. The summed E-state index contributed by atoms with van der Waals surface area (Å²) in [5, 5.41) is 6.01. The molecule has 3 N–H and O–H groups in total. The number of nitrogens with two attached hydrogens (primary N) is 1. The van der Waals surface area contributed by atoms with Gasteiger partial charge >= 0.3 is 0 Å². The first kappa shape index (κ1) is 11.0. The minimum Gasteiger partial charge on any atom is -0.381 e. The van der Waals surface area contributed by atoms with Crippen LogP contribution in [0.15, 0.2) is 4.52 Å². The van der Waals surface area contributed by atoms with E-state index < -0.39 is 5.54 Å². The third-order valence-electron chi connectivity index (χ3n) is 2.67. The lowest BCUT2D eigenvalue weighted by atomic mass is 9.91. The Bertz CT molecular complexity index is 384. The number of nitrogens with one attached hydrogen (secondary N) is 1. The second-order valence-corrected chi connectivity index (χ2v) is 3.77. The van der Waals surface area contributed by atoms with Gasteiger partial charge in [0.1, 0.15) is 5.54 Å². The molecule has 1 aliphatic rings. The van der Waals surface area contributed by atoms with Crippen molar-refractivity contribution in [2.45, 2.75) is 18.4 Å². The van der Waals surface area contributed by atoms with Gasteiger partial charge in [0.2, 0.25) is 5.89 Å². The van der Waals surface area contributed by atoms with Crippen molar-refractivity contribution in [3.8, 4) is 0 Å². The van der Waals surface area contributed by atoms with Crippen LogP contribution in [0.4, 0.5) is 0 Å². The van der Waals surface area contributed by atoms with Crippen molar-refractivity contribution in [1.29, 1.82) is 0 Å². The highest BCUT2D eigenvalue weighted by atomic mass is 16.5. The molecule has 0 unspecified atom stereocenters. The number of ether oxygens (including phenoxy) is 1. The summed E-state index contributed by atoms with van der Waals surface area (Å²) in [5.41, 5.74) is 5.46. The number of hydrogen-bond donors (Lipinski definition) is 2. The zero-order valence-corrected chi connectivity index (χ0v) is 9.02. The van der Waals surface area contributed by atoms with Crippen LogP contribution in [0.25, 0.3) is 0 Å². The monoisotopic (exact) mass is 226 g/mol. The predicted octanol–water partition coefficient (Wildman–Crippen LogP) is -0.606. The van der Waals surface area contributed by atoms with Crippen LogP contribution in [0, 0.1) is 0 Å². The number of amides is 1. The molecule has 0 bridgehead atoms. The third kappa shape index (κ3) is 1.91. The van der Waals surface area contributed by atoms with Crippen LogP contribution in [-0.4, -0.2) is 36.3 Å². The van der Waals surface area contributed by atoms with E-state index >= 15 is 0 Å². The molecule has 0 aliphatic carbocycles. The lowest BCUT2D eigenvalue weighted by molar-refractivity contribution is 0.0400. The highest BCUT2D eigenvalue weighted by Crippen LogP contribution is 2.27. The molecule has 16 heavy (non-hydrogen) atoms. The Morgan fingerprint density at radius 1 is 1.50 bits per heavy atom. The van der Waals surface area contributed by atoms with Crippen LogP contribution in [0.1, 0.15) is 29.4 Å².